The number of hydrogen-bond donors (Lipinski definition) is 0. The van der Waals surface area contributed by atoms with Gasteiger partial charge >= 0.3 is 0 Å². The van der Waals surface area contributed by atoms with Crippen LogP contribution in [0.15, 0.2) is 30.0 Å². The SMILES string of the molecule is CCOc1nc(C(C#N)=C2CCCO2)nc2ccccc12. The molecule has 1 saturated heterocycles. The number of rotatable bonds is 3. The van der Waals surface area contributed by atoms with Gasteiger partial charge in [0.15, 0.2) is 5.82 Å². The van der Waals surface area contributed by atoms with Crippen LogP contribution >= 0.6 is 0 Å². The zero-order valence-corrected chi connectivity index (χ0v) is 11.8. The topological polar surface area (TPSA) is 68.0 Å². The summed E-state index contributed by atoms with van der Waals surface area (Å²) in [6.07, 6.45) is 1.68. The predicted octanol–water partition coefficient (Wildman–Crippen LogP) is 3.07. The lowest BCUT2D eigenvalue weighted by atomic mass is 10.1. The first-order chi connectivity index (χ1) is 10.3. The number of hydrogen-bond acceptors (Lipinski definition) is 5. The van der Waals surface area contributed by atoms with Crippen molar-refractivity contribution in [1.29, 1.82) is 5.26 Å². The molecule has 0 N–H and O–H groups in total. The summed E-state index contributed by atoms with van der Waals surface area (Å²) in [5.41, 5.74) is 1.16. The molecule has 1 aliphatic rings. The fourth-order valence-electron chi connectivity index (χ4n) is 2.34. The minimum Gasteiger partial charge on any atom is -0.496 e. The van der Waals surface area contributed by atoms with Crippen LogP contribution in [0, 0.1) is 11.3 Å². The maximum atomic E-state index is 9.42. The van der Waals surface area contributed by atoms with E-state index in [0.717, 1.165) is 23.7 Å². The molecule has 0 bridgehead atoms. The van der Waals surface area contributed by atoms with Gasteiger partial charge in [-0.05, 0) is 25.5 Å². The van der Waals surface area contributed by atoms with E-state index in [1.54, 1.807) is 0 Å². The lowest BCUT2D eigenvalue weighted by molar-refractivity contribution is 0.265. The highest BCUT2D eigenvalue weighted by Crippen LogP contribution is 2.29. The van der Waals surface area contributed by atoms with Crippen LogP contribution in [0.1, 0.15) is 25.6 Å². The molecule has 0 atom stereocenters. The van der Waals surface area contributed by atoms with Crippen molar-refractivity contribution in [3.05, 3.63) is 35.8 Å². The Hall–Kier alpha value is -2.61. The first-order valence-electron chi connectivity index (χ1n) is 6.99. The molecule has 2 aromatic rings. The summed E-state index contributed by atoms with van der Waals surface area (Å²) < 4.78 is 11.1. The van der Waals surface area contributed by atoms with Gasteiger partial charge in [-0.2, -0.15) is 10.2 Å². The predicted molar refractivity (Wildman–Crippen MR) is 78.4 cm³/mol. The molecule has 0 aliphatic carbocycles. The highest BCUT2D eigenvalue weighted by Gasteiger charge is 2.19. The fraction of sp³-hybridized carbons (Fsp3) is 0.312. The molecular weight excluding hydrogens is 266 g/mol. The Bertz CT molecular complexity index is 739. The summed E-state index contributed by atoms with van der Waals surface area (Å²) in [7, 11) is 0. The summed E-state index contributed by atoms with van der Waals surface area (Å²) in [6, 6.07) is 9.78. The van der Waals surface area contributed by atoms with Gasteiger partial charge in [-0.1, -0.05) is 12.1 Å². The molecule has 0 saturated carbocycles. The average Bonchev–Trinajstić information content (AvgIpc) is 3.02. The van der Waals surface area contributed by atoms with Gasteiger partial charge in [0.25, 0.3) is 0 Å². The van der Waals surface area contributed by atoms with Gasteiger partial charge in [-0.3, -0.25) is 0 Å². The molecule has 106 valence electrons. The zero-order chi connectivity index (χ0) is 14.7. The van der Waals surface area contributed by atoms with Crippen molar-refractivity contribution in [2.24, 2.45) is 0 Å². The second-order valence-electron chi connectivity index (χ2n) is 4.66. The third kappa shape index (κ3) is 2.52. The lowest BCUT2D eigenvalue weighted by Crippen LogP contribution is -2.02. The van der Waals surface area contributed by atoms with E-state index in [0.29, 0.717) is 36.3 Å². The van der Waals surface area contributed by atoms with Crippen molar-refractivity contribution in [3.63, 3.8) is 0 Å². The second kappa shape index (κ2) is 5.80. The van der Waals surface area contributed by atoms with Gasteiger partial charge in [0.05, 0.1) is 24.1 Å². The van der Waals surface area contributed by atoms with Crippen LogP contribution in [0.4, 0.5) is 0 Å². The van der Waals surface area contributed by atoms with Gasteiger partial charge < -0.3 is 9.47 Å². The Morgan fingerprint density at radius 3 is 2.95 bits per heavy atom. The Balaban J connectivity index is 2.19. The summed E-state index contributed by atoms with van der Waals surface area (Å²) >= 11 is 0. The van der Waals surface area contributed by atoms with Crippen molar-refractivity contribution in [3.8, 4) is 11.9 Å². The van der Waals surface area contributed by atoms with E-state index in [1.807, 2.05) is 31.2 Å². The quantitative estimate of drug-likeness (QED) is 0.809. The third-order valence-electron chi connectivity index (χ3n) is 3.29. The molecule has 2 heterocycles. The van der Waals surface area contributed by atoms with Crippen LogP contribution in [-0.2, 0) is 4.74 Å². The van der Waals surface area contributed by atoms with Crippen molar-refractivity contribution in [2.45, 2.75) is 19.8 Å². The van der Waals surface area contributed by atoms with E-state index in [9.17, 15) is 5.26 Å². The molecular formula is C16H15N3O2. The van der Waals surface area contributed by atoms with Crippen LogP contribution in [0.2, 0.25) is 0 Å². The van der Waals surface area contributed by atoms with Crippen LogP contribution in [0.25, 0.3) is 16.5 Å². The highest BCUT2D eigenvalue weighted by molar-refractivity contribution is 5.86. The largest absolute Gasteiger partial charge is 0.496 e. The molecule has 1 aromatic carbocycles. The number of benzene rings is 1. The molecule has 5 heteroatoms. The molecule has 0 spiro atoms. The van der Waals surface area contributed by atoms with Gasteiger partial charge in [0.2, 0.25) is 5.88 Å². The minimum atomic E-state index is 0.372. The van der Waals surface area contributed by atoms with Crippen LogP contribution < -0.4 is 4.74 Å². The van der Waals surface area contributed by atoms with Gasteiger partial charge in [0.1, 0.15) is 17.4 Å². The standard InChI is InChI=1S/C16H15N3O2/c1-2-20-16-11-6-3-4-7-13(11)18-15(19-16)12(10-17)14-8-5-9-21-14/h3-4,6-7H,2,5,8-9H2,1H3. The molecule has 5 nitrogen and oxygen atoms in total. The number of nitrogens with zero attached hydrogens (tertiary/aromatic N) is 3. The molecule has 3 rings (SSSR count). The first kappa shape index (κ1) is 13.4. The van der Waals surface area contributed by atoms with Crippen molar-refractivity contribution in [1.82, 2.24) is 9.97 Å². The zero-order valence-electron chi connectivity index (χ0n) is 11.8. The number of fused-ring (bicyclic) bond motifs is 1. The Morgan fingerprint density at radius 2 is 2.24 bits per heavy atom. The molecule has 0 radical (unpaired) electrons. The number of para-hydroxylation sites is 1. The van der Waals surface area contributed by atoms with Crippen LogP contribution in [-0.4, -0.2) is 23.2 Å². The summed E-state index contributed by atoms with van der Waals surface area (Å²) in [5.74, 6) is 1.55. The highest BCUT2D eigenvalue weighted by atomic mass is 16.5. The van der Waals surface area contributed by atoms with E-state index in [2.05, 4.69) is 16.0 Å². The molecule has 0 amide bonds. The third-order valence-corrected chi connectivity index (χ3v) is 3.29. The number of ether oxygens (including phenoxy) is 2. The number of aromatic nitrogens is 2. The first-order valence-corrected chi connectivity index (χ1v) is 6.99. The van der Waals surface area contributed by atoms with E-state index in [4.69, 9.17) is 9.47 Å². The molecule has 0 unspecified atom stereocenters. The van der Waals surface area contributed by atoms with E-state index < -0.39 is 0 Å². The molecule has 1 fully saturated rings. The summed E-state index contributed by atoms with van der Waals surface area (Å²) in [6.45, 7) is 3.06. The Kier molecular flexibility index (Phi) is 3.69. The maximum Gasteiger partial charge on any atom is 0.225 e. The van der Waals surface area contributed by atoms with Gasteiger partial charge in [-0.25, -0.2) is 4.98 Å². The lowest BCUT2D eigenvalue weighted by Gasteiger charge is -2.09. The summed E-state index contributed by atoms with van der Waals surface area (Å²) in [5, 5.41) is 10.3. The maximum absolute atomic E-state index is 9.42. The Labute approximate surface area is 122 Å². The number of nitriles is 1. The van der Waals surface area contributed by atoms with Gasteiger partial charge in [-0.15, -0.1) is 0 Å². The number of allylic oxidation sites excluding steroid dienone is 2. The monoisotopic (exact) mass is 281 g/mol. The van der Waals surface area contributed by atoms with E-state index in [-0.39, 0.29) is 0 Å². The normalized spacial score (nSPS) is 16.4. The fourth-order valence-corrected chi connectivity index (χ4v) is 2.34. The van der Waals surface area contributed by atoms with E-state index in [1.165, 1.54) is 0 Å². The second-order valence-corrected chi connectivity index (χ2v) is 4.66. The Morgan fingerprint density at radius 1 is 1.38 bits per heavy atom. The average molecular weight is 281 g/mol. The smallest absolute Gasteiger partial charge is 0.225 e. The molecule has 21 heavy (non-hydrogen) atoms. The summed E-state index contributed by atoms with van der Waals surface area (Å²) in [4.78, 5) is 8.90. The molecule has 1 aliphatic heterocycles. The molecule has 1 aromatic heterocycles. The van der Waals surface area contributed by atoms with Gasteiger partial charge in [0, 0.05) is 6.42 Å². The van der Waals surface area contributed by atoms with Crippen molar-refractivity contribution < 1.29 is 9.47 Å². The van der Waals surface area contributed by atoms with Crippen LogP contribution in [0.3, 0.4) is 0 Å². The van der Waals surface area contributed by atoms with Crippen LogP contribution in [0.5, 0.6) is 5.88 Å². The van der Waals surface area contributed by atoms with Crippen molar-refractivity contribution >= 4 is 16.5 Å². The minimum absolute atomic E-state index is 0.372. The van der Waals surface area contributed by atoms with Crippen molar-refractivity contribution in [2.75, 3.05) is 13.2 Å². The van der Waals surface area contributed by atoms with E-state index >= 15 is 0 Å².